The van der Waals surface area contributed by atoms with Crippen LogP contribution in [0.2, 0.25) is 0 Å². The number of fused-ring (bicyclic) bond motifs is 1. The van der Waals surface area contributed by atoms with Crippen molar-refractivity contribution in [1.29, 1.82) is 0 Å². The molecule has 0 bridgehead atoms. The quantitative estimate of drug-likeness (QED) is 0.503. The molecule has 0 unspecified atom stereocenters. The largest absolute Gasteiger partial charge is 0.342 e. The topological polar surface area (TPSA) is 53.5 Å². The summed E-state index contributed by atoms with van der Waals surface area (Å²) >= 11 is 0. The van der Waals surface area contributed by atoms with Gasteiger partial charge in [0.05, 0.1) is 11.9 Å². The number of carbonyl (C=O) groups is 2. The number of amides is 2. The van der Waals surface area contributed by atoms with Crippen LogP contribution < -0.4 is 4.90 Å². The Morgan fingerprint density at radius 2 is 1.83 bits per heavy atom. The molecule has 0 spiro atoms. The lowest BCUT2D eigenvalue weighted by Crippen LogP contribution is -2.37. The Morgan fingerprint density at radius 3 is 2.60 bits per heavy atom. The molecule has 2 aromatic carbocycles. The van der Waals surface area contributed by atoms with E-state index in [1.54, 1.807) is 12.4 Å². The number of pyridine rings is 1. The van der Waals surface area contributed by atoms with Gasteiger partial charge in [0.25, 0.3) is 5.91 Å². The maximum Gasteiger partial charge on any atom is 0.258 e. The highest BCUT2D eigenvalue weighted by Crippen LogP contribution is 2.33. The Balaban J connectivity index is 1.20. The zero-order valence-electron chi connectivity index (χ0n) is 19.8. The number of carbonyl (C=O) groups excluding carboxylic acids is 2. The standard InChI is InChI=1S/C30H29N3O2/c34-29(24-11-12-24)32-16-14-21(19-32)20-33(28-5-2-15-31-18-28)30(35)25-9-6-23(7-10-25)27-13-8-22-3-1-4-26(22)17-27/h1-3,5-10,13,15,17-18,21,24H,4,11-12,14,16,19-20H2/t21-/m1/s1. The molecular weight excluding hydrogens is 434 g/mol. The molecule has 2 fully saturated rings. The third-order valence-corrected chi connectivity index (χ3v) is 7.41. The van der Waals surface area contributed by atoms with E-state index in [0.717, 1.165) is 50.0 Å². The van der Waals surface area contributed by atoms with Gasteiger partial charge in [-0.25, -0.2) is 0 Å². The molecular formula is C30H29N3O2. The lowest BCUT2D eigenvalue weighted by atomic mass is 9.99. The number of nitrogens with zero attached hydrogens (tertiary/aromatic N) is 3. The zero-order chi connectivity index (χ0) is 23.8. The van der Waals surface area contributed by atoms with Gasteiger partial charge in [-0.15, -0.1) is 0 Å². The number of rotatable bonds is 6. The van der Waals surface area contributed by atoms with Gasteiger partial charge in [-0.3, -0.25) is 14.6 Å². The van der Waals surface area contributed by atoms with Crippen LogP contribution in [0.25, 0.3) is 17.2 Å². The predicted molar refractivity (Wildman–Crippen MR) is 138 cm³/mol. The molecule has 5 nitrogen and oxygen atoms in total. The highest BCUT2D eigenvalue weighted by molar-refractivity contribution is 6.06. The lowest BCUT2D eigenvalue weighted by Gasteiger charge is -2.26. The molecule has 0 radical (unpaired) electrons. The second-order valence-electron chi connectivity index (χ2n) is 9.94. The molecule has 176 valence electrons. The van der Waals surface area contributed by atoms with Crippen LogP contribution in [-0.4, -0.2) is 41.3 Å². The van der Waals surface area contributed by atoms with Crippen molar-refractivity contribution in [2.45, 2.75) is 25.7 Å². The first-order valence-corrected chi connectivity index (χ1v) is 12.6. The van der Waals surface area contributed by atoms with E-state index in [9.17, 15) is 9.59 Å². The van der Waals surface area contributed by atoms with Gasteiger partial charge in [-0.1, -0.05) is 42.5 Å². The Morgan fingerprint density at radius 1 is 1.00 bits per heavy atom. The molecule has 1 saturated heterocycles. The SMILES string of the molecule is O=C(C1CC1)N1CC[C@@H](CN(C(=O)c2ccc(-c3ccc4c(c3)CC=C4)cc2)c2cccnc2)C1. The van der Waals surface area contributed by atoms with Gasteiger partial charge in [0.2, 0.25) is 5.91 Å². The van der Waals surface area contributed by atoms with Crippen molar-refractivity contribution in [3.05, 3.63) is 89.8 Å². The van der Waals surface area contributed by atoms with Crippen LogP contribution in [-0.2, 0) is 11.2 Å². The summed E-state index contributed by atoms with van der Waals surface area (Å²) in [6, 6.07) is 18.2. The van der Waals surface area contributed by atoms with Crippen molar-refractivity contribution < 1.29 is 9.59 Å². The minimum Gasteiger partial charge on any atom is -0.342 e. The molecule has 2 amide bonds. The van der Waals surface area contributed by atoms with Gasteiger partial charge in [0.15, 0.2) is 0 Å². The molecule has 3 aromatic rings. The lowest BCUT2D eigenvalue weighted by molar-refractivity contribution is -0.131. The van der Waals surface area contributed by atoms with Gasteiger partial charge < -0.3 is 9.80 Å². The average Bonchev–Trinajstić information content (AvgIpc) is 3.46. The monoisotopic (exact) mass is 463 g/mol. The first-order chi connectivity index (χ1) is 17.2. The average molecular weight is 464 g/mol. The summed E-state index contributed by atoms with van der Waals surface area (Å²) in [5.74, 6) is 0.769. The van der Waals surface area contributed by atoms with Crippen molar-refractivity contribution in [3.63, 3.8) is 0 Å². The Bertz CT molecular complexity index is 1280. The molecule has 5 heteroatoms. The van der Waals surface area contributed by atoms with E-state index in [4.69, 9.17) is 0 Å². The Kier molecular flexibility index (Phi) is 5.69. The third kappa shape index (κ3) is 4.51. The van der Waals surface area contributed by atoms with Crippen molar-refractivity contribution in [2.24, 2.45) is 11.8 Å². The van der Waals surface area contributed by atoms with Crippen LogP contribution >= 0.6 is 0 Å². The minimum absolute atomic E-state index is 0.0327. The number of hydrogen-bond donors (Lipinski definition) is 0. The summed E-state index contributed by atoms with van der Waals surface area (Å²) in [6.07, 6.45) is 11.8. The fourth-order valence-corrected chi connectivity index (χ4v) is 5.25. The van der Waals surface area contributed by atoms with Crippen molar-refractivity contribution in [1.82, 2.24) is 9.88 Å². The van der Waals surface area contributed by atoms with Crippen LogP contribution in [0.15, 0.2) is 73.1 Å². The zero-order valence-corrected chi connectivity index (χ0v) is 19.8. The first kappa shape index (κ1) is 21.8. The van der Waals surface area contributed by atoms with Crippen LogP contribution in [0.1, 0.15) is 40.7 Å². The van der Waals surface area contributed by atoms with Crippen LogP contribution in [0, 0.1) is 11.8 Å². The summed E-state index contributed by atoms with van der Waals surface area (Å²) in [7, 11) is 0. The fraction of sp³-hybridized carbons (Fsp3) is 0.300. The second-order valence-corrected chi connectivity index (χ2v) is 9.94. The third-order valence-electron chi connectivity index (χ3n) is 7.41. The highest BCUT2D eigenvalue weighted by Gasteiger charge is 2.37. The van der Waals surface area contributed by atoms with Crippen molar-refractivity contribution in [3.8, 4) is 11.1 Å². The molecule has 1 aliphatic heterocycles. The summed E-state index contributed by atoms with van der Waals surface area (Å²) in [5.41, 5.74) is 6.35. The van der Waals surface area contributed by atoms with Crippen LogP contribution in [0.4, 0.5) is 5.69 Å². The summed E-state index contributed by atoms with van der Waals surface area (Å²) in [6.45, 7) is 2.10. The van der Waals surface area contributed by atoms with Gasteiger partial charge >= 0.3 is 0 Å². The Hall–Kier alpha value is -3.73. The summed E-state index contributed by atoms with van der Waals surface area (Å²) < 4.78 is 0. The number of anilines is 1. The normalized spacial score (nSPS) is 18.5. The number of allylic oxidation sites excluding steroid dienone is 1. The van der Waals surface area contributed by atoms with Crippen LogP contribution in [0.3, 0.4) is 0 Å². The van der Waals surface area contributed by atoms with Gasteiger partial charge in [0, 0.05) is 37.3 Å². The van der Waals surface area contributed by atoms with Crippen LogP contribution in [0.5, 0.6) is 0 Å². The molecule has 35 heavy (non-hydrogen) atoms. The number of hydrogen-bond acceptors (Lipinski definition) is 3. The molecule has 1 atom stereocenters. The highest BCUT2D eigenvalue weighted by atomic mass is 16.2. The first-order valence-electron chi connectivity index (χ1n) is 12.6. The van der Waals surface area contributed by atoms with Crippen molar-refractivity contribution in [2.75, 3.05) is 24.5 Å². The van der Waals surface area contributed by atoms with E-state index in [-0.39, 0.29) is 17.7 Å². The van der Waals surface area contributed by atoms with E-state index in [2.05, 4.69) is 35.3 Å². The van der Waals surface area contributed by atoms with E-state index >= 15 is 0 Å². The smallest absolute Gasteiger partial charge is 0.258 e. The van der Waals surface area contributed by atoms with Gasteiger partial charge in [-0.2, -0.15) is 0 Å². The molecule has 1 saturated carbocycles. The second kappa shape index (κ2) is 9.14. The molecule has 0 N–H and O–H groups in total. The maximum atomic E-state index is 13.7. The molecule has 2 aliphatic carbocycles. The number of benzene rings is 2. The van der Waals surface area contributed by atoms with Gasteiger partial charge in [-0.05, 0) is 78.1 Å². The minimum atomic E-state index is -0.0327. The Labute approximate surface area is 206 Å². The van der Waals surface area contributed by atoms with E-state index < -0.39 is 0 Å². The number of aromatic nitrogens is 1. The summed E-state index contributed by atoms with van der Waals surface area (Å²) in [5, 5.41) is 0. The molecule has 1 aromatic heterocycles. The van der Waals surface area contributed by atoms with E-state index in [1.807, 2.05) is 46.2 Å². The molecule has 6 rings (SSSR count). The molecule has 3 aliphatic rings. The number of likely N-dealkylation sites (tertiary alicyclic amines) is 1. The molecule has 2 heterocycles. The predicted octanol–water partition coefficient (Wildman–Crippen LogP) is 5.22. The van der Waals surface area contributed by atoms with Gasteiger partial charge in [0.1, 0.15) is 0 Å². The van der Waals surface area contributed by atoms with E-state index in [0.29, 0.717) is 18.0 Å². The van der Waals surface area contributed by atoms with Crippen molar-refractivity contribution >= 4 is 23.6 Å². The van der Waals surface area contributed by atoms with E-state index in [1.165, 1.54) is 16.7 Å². The fourth-order valence-electron chi connectivity index (χ4n) is 5.25. The maximum absolute atomic E-state index is 13.7. The summed E-state index contributed by atoms with van der Waals surface area (Å²) in [4.78, 5) is 34.3.